The number of hydrogen-bond acceptors (Lipinski definition) is 0. The van der Waals surface area contributed by atoms with Crippen molar-refractivity contribution in [3.8, 4) is 0 Å². The van der Waals surface area contributed by atoms with Gasteiger partial charge < -0.3 is 0 Å². The Morgan fingerprint density at radius 1 is 1.43 bits per heavy atom. The van der Waals surface area contributed by atoms with Crippen molar-refractivity contribution in [2.45, 2.75) is 31.0 Å². The molecule has 0 saturated heterocycles. The van der Waals surface area contributed by atoms with E-state index in [0.29, 0.717) is 4.83 Å². The maximum atomic E-state index is 13.5. The van der Waals surface area contributed by atoms with E-state index in [2.05, 4.69) is 38.8 Å². The third-order valence-corrected chi connectivity index (χ3v) is 4.32. The maximum absolute atomic E-state index is 13.5. The molecule has 0 heterocycles. The predicted octanol–water partition coefficient (Wildman–Crippen LogP) is 4.87. The molecule has 0 saturated carbocycles. The fraction of sp³-hybridized carbons (Fsp3) is 0.455. The third-order valence-electron chi connectivity index (χ3n) is 2.39. The van der Waals surface area contributed by atoms with Crippen LogP contribution in [0.1, 0.15) is 31.7 Å². The minimum Gasteiger partial charge on any atom is -0.207 e. The molecule has 0 fully saturated rings. The van der Waals surface area contributed by atoms with Crippen molar-refractivity contribution in [3.05, 3.63) is 34.1 Å². The molecule has 0 N–H and O–H groups in total. The number of halogens is 3. The number of hydrogen-bond donors (Lipinski definition) is 0. The minimum absolute atomic E-state index is 0.134. The first-order chi connectivity index (χ1) is 6.56. The fourth-order valence-electron chi connectivity index (χ4n) is 1.42. The Balaban J connectivity index is 2.95. The van der Waals surface area contributed by atoms with Gasteiger partial charge in [-0.1, -0.05) is 51.8 Å². The molecule has 3 heteroatoms. The molecular weight excluding hydrogens is 311 g/mol. The molecule has 2 atom stereocenters. The van der Waals surface area contributed by atoms with Crippen molar-refractivity contribution in [2.75, 3.05) is 0 Å². The van der Waals surface area contributed by atoms with Crippen LogP contribution in [-0.2, 0) is 0 Å². The quantitative estimate of drug-likeness (QED) is 0.696. The largest absolute Gasteiger partial charge is 0.207 e. The van der Waals surface area contributed by atoms with Crippen molar-refractivity contribution in [2.24, 2.45) is 0 Å². The standard InChI is InChI=1S/C11H13Br2F/c1-3-10(13)7(2)9-5-4-8(12)6-11(9)14/h4-7,10H,3H2,1-2H3. The molecule has 14 heavy (non-hydrogen) atoms. The highest BCUT2D eigenvalue weighted by molar-refractivity contribution is 9.10. The van der Waals surface area contributed by atoms with Crippen LogP contribution < -0.4 is 0 Å². The van der Waals surface area contributed by atoms with E-state index in [1.54, 1.807) is 0 Å². The van der Waals surface area contributed by atoms with Gasteiger partial charge in [0.05, 0.1) is 0 Å². The first-order valence-corrected chi connectivity index (χ1v) is 6.36. The molecule has 0 amide bonds. The van der Waals surface area contributed by atoms with Crippen LogP contribution in [-0.4, -0.2) is 4.83 Å². The third kappa shape index (κ3) is 2.80. The lowest BCUT2D eigenvalue weighted by Crippen LogP contribution is -2.09. The van der Waals surface area contributed by atoms with Gasteiger partial charge in [0, 0.05) is 9.30 Å². The molecule has 2 unspecified atom stereocenters. The lowest BCUT2D eigenvalue weighted by Gasteiger charge is -2.17. The predicted molar refractivity (Wildman–Crippen MR) is 65.5 cm³/mol. The maximum Gasteiger partial charge on any atom is 0.127 e. The van der Waals surface area contributed by atoms with Crippen molar-refractivity contribution in [3.63, 3.8) is 0 Å². The van der Waals surface area contributed by atoms with Gasteiger partial charge in [-0.3, -0.25) is 0 Å². The molecular formula is C11H13Br2F. The summed E-state index contributed by atoms with van der Waals surface area (Å²) in [6.45, 7) is 4.13. The first kappa shape index (κ1) is 12.2. The Hall–Kier alpha value is 0.110. The molecule has 0 nitrogen and oxygen atoms in total. The summed E-state index contributed by atoms with van der Waals surface area (Å²) in [4.78, 5) is 0.332. The van der Waals surface area contributed by atoms with Crippen molar-refractivity contribution in [1.82, 2.24) is 0 Å². The SMILES string of the molecule is CCC(Br)C(C)c1ccc(Br)cc1F. The molecule has 0 aliphatic carbocycles. The highest BCUT2D eigenvalue weighted by atomic mass is 79.9. The highest BCUT2D eigenvalue weighted by Crippen LogP contribution is 2.29. The summed E-state index contributed by atoms with van der Waals surface area (Å²) < 4.78 is 14.3. The summed E-state index contributed by atoms with van der Waals surface area (Å²) in [5, 5.41) is 0. The van der Waals surface area contributed by atoms with Gasteiger partial charge in [0.2, 0.25) is 0 Å². The summed E-state index contributed by atoms with van der Waals surface area (Å²) in [7, 11) is 0. The van der Waals surface area contributed by atoms with Gasteiger partial charge in [-0.2, -0.15) is 0 Å². The molecule has 1 aromatic rings. The Kier molecular flexibility index (Phi) is 4.58. The van der Waals surface area contributed by atoms with Crippen LogP contribution in [0.3, 0.4) is 0 Å². The van der Waals surface area contributed by atoms with Crippen LogP contribution >= 0.6 is 31.9 Å². The van der Waals surface area contributed by atoms with Crippen LogP contribution in [0, 0.1) is 5.82 Å². The average Bonchev–Trinajstić information content (AvgIpc) is 2.15. The highest BCUT2D eigenvalue weighted by Gasteiger charge is 2.17. The summed E-state index contributed by atoms with van der Waals surface area (Å²) in [5.74, 6) is 0.0675. The number of rotatable bonds is 3. The van der Waals surface area contributed by atoms with E-state index in [0.717, 1.165) is 16.5 Å². The van der Waals surface area contributed by atoms with E-state index in [1.165, 1.54) is 6.07 Å². The van der Waals surface area contributed by atoms with Crippen LogP contribution in [0.4, 0.5) is 4.39 Å². The molecule has 0 aliphatic rings. The Bertz CT molecular complexity index is 312. The molecule has 1 aromatic carbocycles. The first-order valence-electron chi connectivity index (χ1n) is 4.65. The number of benzene rings is 1. The van der Waals surface area contributed by atoms with Gasteiger partial charge in [-0.25, -0.2) is 4.39 Å². The zero-order valence-corrected chi connectivity index (χ0v) is 11.4. The van der Waals surface area contributed by atoms with Crippen LogP contribution in [0.2, 0.25) is 0 Å². The normalized spacial score (nSPS) is 15.2. The molecule has 1 rings (SSSR count). The molecule has 78 valence electrons. The monoisotopic (exact) mass is 322 g/mol. The second kappa shape index (κ2) is 5.26. The molecule has 0 bridgehead atoms. The van der Waals surface area contributed by atoms with Crippen molar-refractivity contribution < 1.29 is 4.39 Å². The molecule has 0 radical (unpaired) electrons. The second-order valence-corrected chi connectivity index (χ2v) is 5.47. The summed E-state index contributed by atoms with van der Waals surface area (Å²) in [6, 6.07) is 5.24. The Morgan fingerprint density at radius 3 is 2.57 bits per heavy atom. The van der Waals surface area contributed by atoms with E-state index in [4.69, 9.17) is 0 Å². The van der Waals surface area contributed by atoms with E-state index in [-0.39, 0.29) is 11.7 Å². The van der Waals surface area contributed by atoms with Gasteiger partial charge in [0.15, 0.2) is 0 Å². The van der Waals surface area contributed by atoms with E-state index in [9.17, 15) is 4.39 Å². The molecule has 0 aliphatic heterocycles. The second-order valence-electron chi connectivity index (χ2n) is 3.38. The van der Waals surface area contributed by atoms with Gasteiger partial charge in [0.25, 0.3) is 0 Å². The summed E-state index contributed by atoms with van der Waals surface area (Å²) >= 11 is 6.80. The Morgan fingerprint density at radius 2 is 2.07 bits per heavy atom. The van der Waals surface area contributed by atoms with Crippen LogP contribution in [0.15, 0.2) is 22.7 Å². The molecule has 0 spiro atoms. The van der Waals surface area contributed by atoms with Gasteiger partial charge >= 0.3 is 0 Å². The smallest absolute Gasteiger partial charge is 0.127 e. The van der Waals surface area contributed by atoms with Crippen LogP contribution in [0.25, 0.3) is 0 Å². The summed E-state index contributed by atoms with van der Waals surface area (Å²) in [5.41, 5.74) is 0.775. The van der Waals surface area contributed by atoms with E-state index >= 15 is 0 Å². The fourth-order valence-corrected chi connectivity index (χ4v) is 2.04. The van der Waals surface area contributed by atoms with E-state index < -0.39 is 0 Å². The van der Waals surface area contributed by atoms with Gasteiger partial charge in [-0.15, -0.1) is 0 Å². The van der Waals surface area contributed by atoms with Gasteiger partial charge in [-0.05, 0) is 30.0 Å². The lowest BCUT2D eigenvalue weighted by atomic mass is 9.96. The topological polar surface area (TPSA) is 0 Å². The zero-order valence-electron chi connectivity index (χ0n) is 8.23. The number of alkyl halides is 1. The van der Waals surface area contributed by atoms with Gasteiger partial charge in [0.1, 0.15) is 5.82 Å². The zero-order chi connectivity index (χ0) is 10.7. The average molecular weight is 324 g/mol. The van der Waals surface area contributed by atoms with Crippen molar-refractivity contribution in [1.29, 1.82) is 0 Å². The Labute approximate surface area is 101 Å². The van der Waals surface area contributed by atoms with E-state index in [1.807, 2.05) is 19.1 Å². The van der Waals surface area contributed by atoms with Crippen LogP contribution in [0.5, 0.6) is 0 Å². The summed E-state index contributed by atoms with van der Waals surface area (Å²) in [6.07, 6.45) is 0.997. The lowest BCUT2D eigenvalue weighted by molar-refractivity contribution is 0.578. The van der Waals surface area contributed by atoms with Crippen molar-refractivity contribution >= 4 is 31.9 Å². The minimum atomic E-state index is -0.134. The molecule has 0 aromatic heterocycles.